The minimum Gasteiger partial charge on any atom is -0.490 e. The van der Waals surface area contributed by atoms with Crippen LogP contribution in [0, 0.1) is 6.92 Å². The summed E-state index contributed by atoms with van der Waals surface area (Å²) in [6.07, 6.45) is 1.44. The summed E-state index contributed by atoms with van der Waals surface area (Å²) < 4.78 is 39.6. The van der Waals surface area contributed by atoms with Crippen molar-refractivity contribution in [2.75, 3.05) is 17.5 Å². The third-order valence-electron chi connectivity index (χ3n) is 5.97. The maximum atomic E-state index is 13.5. The highest BCUT2D eigenvalue weighted by Gasteiger charge is 2.27. The lowest BCUT2D eigenvalue weighted by Crippen LogP contribution is -2.39. The molecule has 1 N–H and O–H groups in total. The van der Waals surface area contributed by atoms with E-state index in [-0.39, 0.29) is 10.6 Å². The van der Waals surface area contributed by atoms with E-state index in [1.54, 1.807) is 48.5 Å². The number of nitrogens with zero attached hydrogens (tertiary/aromatic N) is 2. The van der Waals surface area contributed by atoms with Gasteiger partial charge in [0, 0.05) is 5.02 Å². The van der Waals surface area contributed by atoms with E-state index in [0.717, 1.165) is 15.4 Å². The van der Waals surface area contributed by atoms with Gasteiger partial charge in [-0.05, 0) is 73.0 Å². The van der Waals surface area contributed by atoms with E-state index in [4.69, 9.17) is 21.1 Å². The van der Waals surface area contributed by atoms with Gasteiger partial charge in [0.05, 0.1) is 23.4 Å². The molecular formula is C31H30ClN3O5S. The molecule has 4 aromatic carbocycles. The molecule has 0 radical (unpaired) electrons. The molecule has 0 saturated heterocycles. The molecule has 0 spiro atoms. The van der Waals surface area contributed by atoms with Crippen LogP contribution in [0.3, 0.4) is 0 Å². The van der Waals surface area contributed by atoms with Crippen molar-refractivity contribution in [2.24, 2.45) is 5.10 Å². The number of hydrogen-bond donors (Lipinski definition) is 1. The summed E-state index contributed by atoms with van der Waals surface area (Å²) >= 11 is 6.27. The molecule has 10 heteroatoms. The van der Waals surface area contributed by atoms with Crippen LogP contribution in [-0.4, -0.2) is 33.7 Å². The van der Waals surface area contributed by atoms with E-state index in [1.165, 1.54) is 24.4 Å². The Bertz CT molecular complexity index is 1610. The zero-order chi connectivity index (χ0) is 29.2. The van der Waals surface area contributed by atoms with Crippen LogP contribution in [0.1, 0.15) is 23.6 Å². The molecule has 8 nitrogen and oxygen atoms in total. The second-order valence-electron chi connectivity index (χ2n) is 8.96. The molecule has 0 fully saturated rings. The summed E-state index contributed by atoms with van der Waals surface area (Å²) in [6.45, 7) is 4.00. The van der Waals surface area contributed by atoms with E-state index >= 15 is 0 Å². The molecule has 0 atom stereocenters. The van der Waals surface area contributed by atoms with Crippen LogP contribution >= 0.6 is 11.6 Å². The standard InChI is InChI=1S/C31H30ClN3O5S/c1-3-39-30-18-25(15-17-29(30)40-22-24-10-6-4-7-11-24)20-33-34-31(36)21-35(26-16-14-23(2)28(32)19-26)41(37,38)27-12-8-5-9-13-27/h4-20H,3,21-22H2,1-2H3,(H,34,36)/b33-20+. The normalized spacial score (nSPS) is 11.3. The lowest BCUT2D eigenvalue weighted by atomic mass is 10.2. The number of halogens is 1. The predicted octanol–water partition coefficient (Wildman–Crippen LogP) is 5.97. The number of sulfonamides is 1. The Morgan fingerprint density at radius 1 is 0.927 bits per heavy atom. The SMILES string of the molecule is CCOc1cc(/C=N/NC(=O)CN(c2ccc(C)c(Cl)c2)S(=O)(=O)c2ccccc2)ccc1OCc1ccccc1. The quantitative estimate of drug-likeness (QED) is 0.162. The van der Waals surface area contributed by atoms with Crippen LogP contribution in [0.2, 0.25) is 5.02 Å². The monoisotopic (exact) mass is 591 g/mol. The third-order valence-corrected chi connectivity index (χ3v) is 8.16. The number of amides is 1. The predicted molar refractivity (Wildman–Crippen MR) is 161 cm³/mol. The number of hydrogen-bond acceptors (Lipinski definition) is 6. The topological polar surface area (TPSA) is 97.3 Å². The van der Waals surface area contributed by atoms with Crippen molar-refractivity contribution in [1.82, 2.24) is 5.43 Å². The number of nitrogens with one attached hydrogen (secondary N) is 1. The molecule has 0 heterocycles. The van der Waals surface area contributed by atoms with Gasteiger partial charge < -0.3 is 9.47 Å². The van der Waals surface area contributed by atoms with Gasteiger partial charge in [-0.1, -0.05) is 66.2 Å². The zero-order valence-corrected chi connectivity index (χ0v) is 24.2. The highest BCUT2D eigenvalue weighted by atomic mass is 35.5. The van der Waals surface area contributed by atoms with Crippen molar-refractivity contribution in [2.45, 2.75) is 25.3 Å². The molecule has 4 aromatic rings. The van der Waals surface area contributed by atoms with Gasteiger partial charge in [0.1, 0.15) is 13.2 Å². The molecule has 41 heavy (non-hydrogen) atoms. The first kappa shape index (κ1) is 29.6. The first-order chi connectivity index (χ1) is 19.8. The number of aryl methyl sites for hydroxylation is 1. The summed E-state index contributed by atoms with van der Waals surface area (Å²) in [6, 6.07) is 27.8. The second-order valence-corrected chi connectivity index (χ2v) is 11.2. The highest BCUT2D eigenvalue weighted by Crippen LogP contribution is 2.29. The van der Waals surface area contributed by atoms with Crippen LogP contribution in [0.5, 0.6) is 11.5 Å². The van der Waals surface area contributed by atoms with E-state index < -0.39 is 22.5 Å². The first-order valence-corrected chi connectivity index (χ1v) is 14.7. The van der Waals surface area contributed by atoms with Crippen LogP contribution in [0.25, 0.3) is 0 Å². The van der Waals surface area contributed by atoms with Crippen molar-refractivity contribution in [1.29, 1.82) is 0 Å². The molecule has 0 bridgehead atoms. The minimum absolute atomic E-state index is 0.0472. The fourth-order valence-electron chi connectivity index (χ4n) is 3.84. The van der Waals surface area contributed by atoms with Gasteiger partial charge in [-0.3, -0.25) is 9.10 Å². The van der Waals surface area contributed by atoms with Crippen LogP contribution in [0.4, 0.5) is 5.69 Å². The van der Waals surface area contributed by atoms with Crippen molar-refractivity contribution in [3.63, 3.8) is 0 Å². The van der Waals surface area contributed by atoms with Crippen LogP contribution in [0.15, 0.2) is 107 Å². The fourth-order valence-corrected chi connectivity index (χ4v) is 5.45. The molecule has 0 aliphatic rings. The molecule has 0 aromatic heterocycles. The highest BCUT2D eigenvalue weighted by molar-refractivity contribution is 7.92. The minimum atomic E-state index is -4.07. The lowest BCUT2D eigenvalue weighted by molar-refractivity contribution is -0.119. The Labute approximate surface area is 245 Å². The maximum absolute atomic E-state index is 13.5. The van der Waals surface area contributed by atoms with Gasteiger partial charge in [-0.25, -0.2) is 13.8 Å². The van der Waals surface area contributed by atoms with E-state index in [0.29, 0.717) is 35.3 Å². The molecule has 4 rings (SSSR count). The molecule has 0 aliphatic heterocycles. The van der Waals surface area contributed by atoms with Crippen LogP contribution < -0.4 is 19.2 Å². The lowest BCUT2D eigenvalue weighted by Gasteiger charge is -2.24. The Balaban J connectivity index is 1.48. The first-order valence-electron chi connectivity index (χ1n) is 12.9. The number of rotatable bonds is 12. The number of carbonyl (C=O) groups excluding carboxylic acids is 1. The second kappa shape index (κ2) is 13.8. The third kappa shape index (κ3) is 7.87. The van der Waals surface area contributed by atoms with Gasteiger partial charge in [0.15, 0.2) is 11.5 Å². The number of ether oxygens (including phenoxy) is 2. The number of hydrazone groups is 1. The molecule has 0 aliphatic carbocycles. The fraction of sp³-hybridized carbons (Fsp3) is 0.161. The van der Waals surface area contributed by atoms with Crippen molar-refractivity contribution in [3.05, 3.63) is 119 Å². The van der Waals surface area contributed by atoms with Gasteiger partial charge in [-0.15, -0.1) is 0 Å². The Morgan fingerprint density at radius 3 is 2.32 bits per heavy atom. The summed E-state index contributed by atoms with van der Waals surface area (Å²) in [5.41, 5.74) is 5.14. The Kier molecular flexibility index (Phi) is 10.00. The Morgan fingerprint density at radius 2 is 1.63 bits per heavy atom. The largest absolute Gasteiger partial charge is 0.490 e. The average Bonchev–Trinajstić information content (AvgIpc) is 2.98. The number of anilines is 1. The smallest absolute Gasteiger partial charge is 0.264 e. The van der Waals surface area contributed by atoms with E-state index in [9.17, 15) is 13.2 Å². The molecule has 0 saturated carbocycles. The molecule has 0 unspecified atom stereocenters. The summed E-state index contributed by atoms with van der Waals surface area (Å²) in [7, 11) is -4.07. The van der Waals surface area contributed by atoms with Crippen molar-refractivity contribution >= 4 is 39.4 Å². The summed E-state index contributed by atoms with van der Waals surface area (Å²) in [5.74, 6) is 0.482. The Hall–Kier alpha value is -4.34. The molecule has 212 valence electrons. The van der Waals surface area contributed by atoms with Gasteiger partial charge in [0.25, 0.3) is 15.9 Å². The van der Waals surface area contributed by atoms with Crippen LogP contribution in [-0.2, 0) is 21.4 Å². The summed E-state index contributed by atoms with van der Waals surface area (Å²) in [4.78, 5) is 12.9. The zero-order valence-electron chi connectivity index (χ0n) is 22.7. The van der Waals surface area contributed by atoms with Crippen molar-refractivity contribution in [3.8, 4) is 11.5 Å². The van der Waals surface area contributed by atoms with Crippen molar-refractivity contribution < 1.29 is 22.7 Å². The van der Waals surface area contributed by atoms with Gasteiger partial charge >= 0.3 is 0 Å². The number of benzene rings is 4. The van der Waals surface area contributed by atoms with Gasteiger partial charge in [0.2, 0.25) is 0 Å². The average molecular weight is 592 g/mol. The number of carbonyl (C=O) groups is 1. The van der Waals surface area contributed by atoms with Gasteiger partial charge in [-0.2, -0.15) is 5.10 Å². The maximum Gasteiger partial charge on any atom is 0.264 e. The summed E-state index contributed by atoms with van der Waals surface area (Å²) in [5, 5.41) is 4.42. The molecular weight excluding hydrogens is 562 g/mol. The molecule has 1 amide bonds. The van der Waals surface area contributed by atoms with E-state index in [2.05, 4.69) is 10.5 Å². The van der Waals surface area contributed by atoms with E-state index in [1.807, 2.05) is 44.2 Å².